The zero-order valence-electron chi connectivity index (χ0n) is 11.0. The van der Waals surface area contributed by atoms with Crippen molar-refractivity contribution in [2.75, 3.05) is 33.7 Å². The second-order valence-electron chi connectivity index (χ2n) is 5.15. The van der Waals surface area contributed by atoms with Crippen molar-refractivity contribution in [3.63, 3.8) is 0 Å². The van der Waals surface area contributed by atoms with Crippen LogP contribution in [0.1, 0.15) is 27.2 Å². The van der Waals surface area contributed by atoms with Crippen LogP contribution < -0.4 is 5.32 Å². The van der Waals surface area contributed by atoms with Crippen molar-refractivity contribution in [2.24, 2.45) is 0 Å². The second kappa shape index (κ2) is 5.83. The topological polar surface area (TPSA) is 18.5 Å². The van der Waals surface area contributed by atoms with E-state index in [0.717, 1.165) is 6.54 Å². The highest BCUT2D eigenvalue weighted by Crippen LogP contribution is 2.18. The van der Waals surface area contributed by atoms with Crippen molar-refractivity contribution in [2.45, 2.75) is 45.3 Å². The van der Waals surface area contributed by atoms with Gasteiger partial charge in [-0.1, -0.05) is 0 Å². The standard InChI is InChI=1S/C12H27N3/c1-10(2)15-11(3)6-7-14(5)9-12(15)8-13-4/h10-13H,6-9H2,1-5H3. The van der Waals surface area contributed by atoms with Crippen LogP contribution >= 0.6 is 0 Å². The first-order chi connectivity index (χ1) is 7.06. The summed E-state index contributed by atoms with van der Waals surface area (Å²) in [4.78, 5) is 5.13. The van der Waals surface area contributed by atoms with Crippen molar-refractivity contribution in [1.29, 1.82) is 0 Å². The molecule has 2 unspecified atom stereocenters. The van der Waals surface area contributed by atoms with E-state index in [2.05, 4.69) is 42.9 Å². The summed E-state index contributed by atoms with van der Waals surface area (Å²) in [5, 5.41) is 3.32. The fraction of sp³-hybridized carbons (Fsp3) is 1.00. The van der Waals surface area contributed by atoms with E-state index in [4.69, 9.17) is 0 Å². The summed E-state index contributed by atoms with van der Waals surface area (Å²) in [5.74, 6) is 0. The van der Waals surface area contributed by atoms with Gasteiger partial charge in [0.2, 0.25) is 0 Å². The molecule has 90 valence electrons. The summed E-state index contributed by atoms with van der Waals surface area (Å²) in [6, 6.07) is 2.00. The molecule has 1 aliphatic heterocycles. The number of nitrogens with zero attached hydrogens (tertiary/aromatic N) is 2. The Kier molecular flexibility index (Phi) is 5.03. The Morgan fingerprint density at radius 2 is 2.07 bits per heavy atom. The maximum atomic E-state index is 3.32. The molecular weight excluding hydrogens is 186 g/mol. The predicted octanol–water partition coefficient (Wildman–Crippen LogP) is 1.01. The molecule has 0 aromatic rings. The number of likely N-dealkylation sites (N-methyl/N-ethyl adjacent to an activating group) is 2. The van der Waals surface area contributed by atoms with Crippen LogP contribution in [0.4, 0.5) is 0 Å². The lowest BCUT2D eigenvalue weighted by Gasteiger charge is -2.38. The molecule has 1 rings (SSSR count). The van der Waals surface area contributed by atoms with E-state index in [-0.39, 0.29) is 0 Å². The fourth-order valence-electron chi connectivity index (χ4n) is 2.80. The van der Waals surface area contributed by atoms with Gasteiger partial charge < -0.3 is 10.2 Å². The maximum absolute atomic E-state index is 3.32. The Morgan fingerprint density at radius 1 is 1.40 bits per heavy atom. The summed E-state index contributed by atoms with van der Waals surface area (Å²) < 4.78 is 0. The highest BCUT2D eigenvalue weighted by atomic mass is 15.3. The molecular formula is C12H27N3. The van der Waals surface area contributed by atoms with Gasteiger partial charge in [0.15, 0.2) is 0 Å². The molecule has 15 heavy (non-hydrogen) atoms. The molecule has 0 aliphatic carbocycles. The lowest BCUT2D eigenvalue weighted by atomic mass is 10.1. The van der Waals surface area contributed by atoms with Crippen molar-refractivity contribution in [3.8, 4) is 0 Å². The van der Waals surface area contributed by atoms with Gasteiger partial charge in [0, 0.05) is 31.2 Å². The van der Waals surface area contributed by atoms with Crippen LogP contribution in [0.2, 0.25) is 0 Å². The minimum Gasteiger partial charge on any atom is -0.318 e. The van der Waals surface area contributed by atoms with Crippen molar-refractivity contribution in [3.05, 3.63) is 0 Å². The first-order valence-corrected chi connectivity index (χ1v) is 6.16. The van der Waals surface area contributed by atoms with Crippen LogP contribution in [-0.2, 0) is 0 Å². The third kappa shape index (κ3) is 3.44. The Labute approximate surface area is 94.8 Å². The van der Waals surface area contributed by atoms with Gasteiger partial charge in [-0.15, -0.1) is 0 Å². The number of rotatable bonds is 3. The Morgan fingerprint density at radius 3 is 2.60 bits per heavy atom. The van der Waals surface area contributed by atoms with Crippen LogP contribution in [0, 0.1) is 0 Å². The lowest BCUT2D eigenvalue weighted by molar-refractivity contribution is 0.106. The zero-order chi connectivity index (χ0) is 11.4. The van der Waals surface area contributed by atoms with E-state index in [0.29, 0.717) is 18.1 Å². The highest BCUT2D eigenvalue weighted by Gasteiger charge is 2.29. The van der Waals surface area contributed by atoms with Crippen LogP contribution in [0.25, 0.3) is 0 Å². The average molecular weight is 213 g/mol. The third-order valence-corrected chi connectivity index (χ3v) is 3.42. The quantitative estimate of drug-likeness (QED) is 0.755. The molecule has 0 saturated carbocycles. The van der Waals surface area contributed by atoms with Gasteiger partial charge in [0.1, 0.15) is 0 Å². The Balaban J connectivity index is 2.73. The fourth-order valence-corrected chi connectivity index (χ4v) is 2.80. The van der Waals surface area contributed by atoms with Crippen molar-refractivity contribution in [1.82, 2.24) is 15.1 Å². The molecule has 1 heterocycles. The monoisotopic (exact) mass is 213 g/mol. The SMILES string of the molecule is CNCC1CN(C)CCC(C)N1C(C)C. The van der Waals surface area contributed by atoms with Crippen LogP contribution in [0.5, 0.6) is 0 Å². The predicted molar refractivity (Wildman–Crippen MR) is 66.3 cm³/mol. The normalized spacial score (nSPS) is 30.8. The lowest BCUT2D eigenvalue weighted by Crippen LogP contribution is -2.51. The Hall–Kier alpha value is -0.120. The van der Waals surface area contributed by atoms with Gasteiger partial charge in [-0.05, 0) is 47.8 Å². The zero-order valence-corrected chi connectivity index (χ0v) is 11.0. The van der Waals surface area contributed by atoms with Crippen molar-refractivity contribution < 1.29 is 0 Å². The summed E-state index contributed by atoms with van der Waals surface area (Å²) in [6.45, 7) is 10.5. The number of nitrogens with one attached hydrogen (secondary N) is 1. The Bertz CT molecular complexity index is 182. The second-order valence-corrected chi connectivity index (χ2v) is 5.15. The molecule has 1 aliphatic rings. The molecule has 2 atom stereocenters. The van der Waals surface area contributed by atoms with Gasteiger partial charge in [-0.3, -0.25) is 4.90 Å². The third-order valence-electron chi connectivity index (χ3n) is 3.42. The summed E-state index contributed by atoms with van der Waals surface area (Å²) in [7, 11) is 4.28. The minimum atomic E-state index is 0.643. The van der Waals surface area contributed by atoms with E-state index < -0.39 is 0 Å². The van der Waals surface area contributed by atoms with Gasteiger partial charge in [-0.25, -0.2) is 0 Å². The molecule has 0 radical (unpaired) electrons. The summed E-state index contributed by atoms with van der Waals surface area (Å²) in [6.07, 6.45) is 1.29. The average Bonchev–Trinajstić information content (AvgIpc) is 2.26. The number of hydrogen-bond acceptors (Lipinski definition) is 3. The van der Waals surface area contributed by atoms with Crippen LogP contribution in [0.15, 0.2) is 0 Å². The van der Waals surface area contributed by atoms with Gasteiger partial charge in [0.05, 0.1) is 0 Å². The molecule has 3 nitrogen and oxygen atoms in total. The minimum absolute atomic E-state index is 0.643. The number of hydrogen-bond donors (Lipinski definition) is 1. The molecule has 0 aromatic carbocycles. The summed E-state index contributed by atoms with van der Waals surface area (Å²) >= 11 is 0. The van der Waals surface area contributed by atoms with Crippen LogP contribution in [0.3, 0.4) is 0 Å². The van der Waals surface area contributed by atoms with Crippen molar-refractivity contribution >= 4 is 0 Å². The molecule has 3 heteroatoms. The van der Waals surface area contributed by atoms with E-state index in [1.807, 2.05) is 7.05 Å². The molecule has 1 N–H and O–H groups in total. The van der Waals surface area contributed by atoms with E-state index in [1.54, 1.807) is 0 Å². The first kappa shape index (κ1) is 12.9. The largest absolute Gasteiger partial charge is 0.318 e. The molecule has 0 bridgehead atoms. The van der Waals surface area contributed by atoms with E-state index in [9.17, 15) is 0 Å². The first-order valence-electron chi connectivity index (χ1n) is 6.16. The van der Waals surface area contributed by atoms with E-state index >= 15 is 0 Å². The smallest absolute Gasteiger partial charge is 0.0353 e. The summed E-state index contributed by atoms with van der Waals surface area (Å²) in [5.41, 5.74) is 0. The molecule has 0 aromatic heterocycles. The van der Waals surface area contributed by atoms with Crippen LogP contribution in [-0.4, -0.2) is 61.7 Å². The molecule has 0 spiro atoms. The van der Waals surface area contributed by atoms with Gasteiger partial charge >= 0.3 is 0 Å². The van der Waals surface area contributed by atoms with E-state index in [1.165, 1.54) is 19.5 Å². The van der Waals surface area contributed by atoms with Gasteiger partial charge in [0.25, 0.3) is 0 Å². The van der Waals surface area contributed by atoms with Gasteiger partial charge in [-0.2, -0.15) is 0 Å². The molecule has 1 saturated heterocycles. The maximum Gasteiger partial charge on any atom is 0.0353 e. The molecule has 1 fully saturated rings. The molecule has 0 amide bonds. The highest BCUT2D eigenvalue weighted by molar-refractivity contribution is 4.86.